The summed E-state index contributed by atoms with van der Waals surface area (Å²) in [5.74, 6) is -0.0339. The molecule has 0 saturated heterocycles. The van der Waals surface area contributed by atoms with Crippen molar-refractivity contribution in [3.05, 3.63) is 35.4 Å². The van der Waals surface area contributed by atoms with Crippen LogP contribution >= 0.6 is 0 Å². The Hall–Kier alpha value is -1.84. The molecule has 0 aliphatic carbocycles. The van der Waals surface area contributed by atoms with Crippen LogP contribution in [0.1, 0.15) is 38.8 Å². The highest BCUT2D eigenvalue weighted by molar-refractivity contribution is 5.82. The van der Waals surface area contributed by atoms with Crippen molar-refractivity contribution in [2.75, 3.05) is 0 Å². The third-order valence-corrected chi connectivity index (χ3v) is 2.72. The molecule has 0 fully saturated rings. The van der Waals surface area contributed by atoms with Crippen molar-refractivity contribution >= 4 is 11.8 Å². The molecule has 2 amide bonds. The molecule has 110 valence electrons. The molecule has 1 aromatic rings. The lowest BCUT2D eigenvalue weighted by molar-refractivity contribution is -0.122. The topological polar surface area (TPSA) is 58.2 Å². The summed E-state index contributed by atoms with van der Waals surface area (Å²) in [4.78, 5) is 23.7. The molecule has 1 aromatic carbocycles. The Morgan fingerprint density at radius 2 is 1.20 bits per heavy atom. The van der Waals surface area contributed by atoms with Crippen LogP contribution in [0.4, 0.5) is 0 Å². The van der Waals surface area contributed by atoms with Gasteiger partial charge in [-0.05, 0) is 38.8 Å². The summed E-state index contributed by atoms with van der Waals surface area (Å²) in [5, 5.41) is 5.73. The average molecular weight is 276 g/mol. The van der Waals surface area contributed by atoms with Gasteiger partial charge in [-0.1, -0.05) is 24.3 Å². The van der Waals surface area contributed by atoms with Crippen molar-refractivity contribution in [3.63, 3.8) is 0 Å². The van der Waals surface area contributed by atoms with E-state index in [2.05, 4.69) is 10.6 Å². The molecule has 0 aromatic heterocycles. The fraction of sp³-hybridized carbons (Fsp3) is 0.500. The Labute approximate surface area is 121 Å². The summed E-state index contributed by atoms with van der Waals surface area (Å²) in [6.45, 7) is 7.72. The standard InChI is InChI=1S/C16H24N2O2/c1-11(2)17-15(19)9-13-7-5-6-8-14(13)10-16(20)18-12(3)4/h5-8,11-12H,9-10H2,1-4H3,(H,17,19)(H,18,20). The molecule has 0 radical (unpaired) electrons. The zero-order chi connectivity index (χ0) is 15.1. The van der Waals surface area contributed by atoms with Gasteiger partial charge in [-0.25, -0.2) is 0 Å². The molecule has 4 heteroatoms. The van der Waals surface area contributed by atoms with Crippen LogP contribution in [0.2, 0.25) is 0 Å². The lowest BCUT2D eigenvalue weighted by Crippen LogP contribution is -2.33. The van der Waals surface area contributed by atoms with E-state index in [1.807, 2.05) is 52.0 Å². The highest BCUT2D eigenvalue weighted by Crippen LogP contribution is 2.11. The Morgan fingerprint density at radius 3 is 1.50 bits per heavy atom. The maximum Gasteiger partial charge on any atom is 0.224 e. The predicted octanol–water partition coefficient (Wildman–Crippen LogP) is 1.82. The molecular formula is C16H24N2O2. The summed E-state index contributed by atoms with van der Waals surface area (Å²) in [6.07, 6.45) is 0.618. The first kappa shape index (κ1) is 16.2. The van der Waals surface area contributed by atoms with Gasteiger partial charge >= 0.3 is 0 Å². The first-order valence-corrected chi connectivity index (χ1v) is 7.04. The van der Waals surface area contributed by atoms with Crippen LogP contribution < -0.4 is 10.6 Å². The van der Waals surface area contributed by atoms with E-state index in [1.54, 1.807) is 0 Å². The maximum absolute atomic E-state index is 11.8. The normalized spacial score (nSPS) is 10.7. The van der Waals surface area contributed by atoms with E-state index in [0.29, 0.717) is 12.8 Å². The van der Waals surface area contributed by atoms with E-state index in [9.17, 15) is 9.59 Å². The fourth-order valence-electron chi connectivity index (χ4n) is 1.99. The number of hydrogen-bond acceptors (Lipinski definition) is 2. The van der Waals surface area contributed by atoms with Crippen molar-refractivity contribution < 1.29 is 9.59 Å². The number of amides is 2. The van der Waals surface area contributed by atoms with E-state index in [-0.39, 0.29) is 23.9 Å². The first-order chi connectivity index (χ1) is 9.38. The van der Waals surface area contributed by atoms with Gasteiger partial charge in [-0.2, -0.15) is 0 Å². The molecule has 20 heavy (non-hydrogen) atoms. The maximum atomic E-state index is 11.8. The van der Waals surface area contributed by atoms with Crippen LogP contribution in [-0.2, 0) is 22.4 Å². The van der Waals surface area contributed by atoms with E-state index in [4.69, 9.17) is 0 Å². The molecule has 2 N–H and O–H groups in total. The molecule has 1 rings (SSSR count). The number of nitrogens with one attached hydrogen (secondary N) is 2. The fourth-order valence-corrected chi connectivity index (χ4v) is 1.99. The lowest BCUT2D eigenvalue weighted by Gasteiger charge is -2.13. The SMILES string of the molecule is CC(C)NC(=O)Cc1ccccc1CC(=O)NC(C)C. The van der Waals surface area contributed by atoms with Crippen molar-refractivity contribution in [2.24, 2.45) is 0 Å². The van der Waals surface area contributed by atoms with Gasteiger partial charge in [0.05, 0.1) is 12.8 Å². The van der Waals surface area contributed by atoms with Crippen LogP contribution in [0.15, 0.2) is 24.3 Å². The minimum Gasteiger partial charge on any atom is -0.354 e. The van der Waals surface area contributed by atoms with Gasteiger partial charge in [0.1, 0.15) is 0 Å². The van der Waals surface area contributed by atoms with Crippen molar-refractivity contribution in [1.82, 2.24) is 10.6 Å². The van der Waals surface area contributed by atoms with Gasteiger partial charge in [0.2, 0.25) is 11.8 Å². The minimum absolute atomic E-state index is 0.0169. The van der Waals surface area contributed by atoms with Gasteiger partial charge < -0.3 is 10.6 Å². The van der Waals surface area contributed by atoms with Crippen LogP contribution in [0.3, 0.4) is 0 Å². The third kappa shape index (κ3) is 5.87. The van der Waals surface area contributed by atoms with Gasteiger partial charge in [0.25, 0.3) is 0 Å². The lowest BCUT2D eigenvalue weighted by atomic mass is 10.0. The van der Waals surface area contributed by atoms with E-state index in [0.717, 1.165) is 11.1 Å². The summed E-state index contributed by atoms with van der Waals surface area (Å²) >= 11 is 0. The largest absolute Gasteiger partial charge is 0.354 e. The van der Waals surface area contributed by atoms with Gasteiger partial charge in [0, 0.05) is 12.1 Å². The Bertz CT molecular complexity index is 424. The molecule has 0 heterocycles. The smallest absolute Gasteiger partial charge is 0.224 e. The van der Waals surface area contributed by atoms with Crippen molar-refractivity contribution in [3.8, 4) is 0 Å². The monoisotopic (exact) mass is 276 g/mol. The second kappa shape index (κ2) is 7.68. The first-order valence-electron chi connectivity index (χ1n) is 7.04. The second-order valence-electron chi connectivity index (χ2n) is 5.57. The molecule has 0 bridgehead atoms. The van der Waals surface area contributed by atoms with Gasteiger partial charge in [0.15, 0.2) is 0 Å². The zero-order valence-corrected chi connectivity index (χ0v) is 12.7. The Balaban J connectivity index is 2.73. The zero-order valence-electron chi connectivity index (χ0n) is 12.7. The van der Waals surface area contributed by atoms with E-state index >= 15 is 0 Å². The second-order valence-corrected chi connectivity index (χ2v) is 5.57. The van der Waals surface area contributed by atoms with Crippen molar-refractivity contribution in [1.29, 1.82) is 0 Å². The summed E-state index contributed by atoms with van der Waals surface area (Å²) < 4.78 is 0. The molecule has 0 aliphatic heterocycles. The number of hydrogen-bond donors (Lipinski definition) is 2. The highest BCUT2D eigenvalue weighted by atomic mass is 16.2. The molecule has 0 aliphatic rings. The molecule has 0 atom stereocenters. The minimum atomic E-state index is -0.0169. The Kier molecular flexibility index (Phi) is 6.22. The molecule has 4 nitrogen and oxygen atoms in total. The average Bonchev–Trinajstić information content (AvgIpc) is 2.29. The molecular weight excluding hydrogens is 252 g/mol. The predicted molar refractivity (Wildman–Crippen MR) is 80.4 cm³/mol. The number of benzene rings is 1. The number of rotatable bonds is 6. The quantitative estimate of drug-likeness (QED) is 0.832. The molecule has 0 unspecified atom stereocenters. The summed E-state index contributed by atoms with van der Waals surface area (Å²) in [5.41, 5.74) is 1.81. The van der Waals surface area contributed by atoms with Crippen LogP contribution in [-0.4, -0.2) is 23.9 Å². The van der Waals surface area contributed by atoms with Crippen LogP contribution in [0.25, 0.3) is 0 Å². The summed E-state index contributed by atoms with van der Waals surface area (Å²) in [6, 6.07) is 7.83. The molecule has 0 saturated carbocycles. The van der Waals surface area contributed by atoms with Gasteiger partial charge in [-0.15, -0.1) is 0 Å². The van der Waals surface area contributed by atoms with Crippen molar-refractivity contribution in [2.45, 2.75) is 52.6 Å². The van der Waals surface area contributed by atoms with E-state index < -0.39 is 0 Å². The summed E-state index contributed by atoms with van der Waals surface area (Å²) in [7, 11) is 0. The number of carbonyl (C=O) groups is 2. The van der Waals surface area contributed by atoms with E-state index in [1.165, 1.54) is 0 Å². The number of carbonyl (C=O) groups excluding carboxylic acids is 2. The highest BCUT2D eigenvalue weighted by Gasteiger charge is 2.11. The third-order valence-electron chi connectivity index (χ3n) is 2.72. The van der Waals surface area contributed by atoms with Crippen LogP contribution in [0.5, 0.6) is 0 Å². The van der Waals surface area contributed by atoms with Crippen LogP contribution in [0, 0.1) is 0 Å². The van der Waals surface area contributed by atoms with Gasteiger partial charge in [-0.3, -0.25) is 9.59 Å². The molecule has 0 spiro atoms. The Morgan fingerprint density at radius 1 is 0.850 bits per heavy atom.